The summed E-state index contributed by atoms with van der Waals surface area (Å²) in [6.45, 7) is 6.36. The standard InChI is InChI=1S/C22H28FN5O3/c1-2-17-15-20(29)28(22(24-17)27-11-13-31-14-12-27)16-21(30)26-9-7-25(8-10-26)19-6-4-3-5-18(19)23/h3-6,15H,2,7-14,16H2,1H3. The maximum atomic E-state index is 14.1. The molecule has 0 N–H and O–H groups in total. The second-order valence-corrected chi connectivity index (χ2v) is 7.74. The Hall–Kier alpha value is -2.94. The van der Waals surface area contributed by atoms with Gasteiger partial charge in [0.2, 0.25) is 11.9 Å². The summed E-state index contributed by atoms with van der Waals surface area (Å²) >= 11 is 0. The van der Waals surface area contributed by atoms with Gasteiger partial charge in [0.15, 0.2) is 0 Å². The molecule has 31 heavy (non-hydrogen) atoms. The number of carbonyl (C=O) groups excluding carboxylic acids is 1. The van der Waals surface area contributed by atoms with Gasteiger partial charge in [-0.1, -0.05) is 19.1 Å². The SMILES string of the molecule is CCc1cc(=O)n(CC(=O)N2CCN(c3ccccc3F)CC2)c(N2CCOCC2)n1. The summed E-state index contributed by atoms with van der Waals surface area (Å²) in [6.07, 6.45) is 0.652. The predicted octanol–water partition coefficient (Wildman–Crippen LogP) is 1.13. The van der Waals surface area contributed by atoms with Crippen LogP contribution in [-0.4, -0.2) is 72.8 Å². The Morgan fingerprint density at radius 2 is 1.77 bits per heavy atom. The molecule has 0 radical (unpaired) electrons. The molecule has 1 aromatic carbocycles. The monoisotopic (exact) mass is 429 g/mol. The fourth-order valence-electron chi connectivity index (χ4n) is 4.01. The highest BCUT2D eigenvalue weighted by atomic mass is 19.1. The van der Waals surface area contributed by atoms with Crippen LogP contribution in [-0.2, 0) is 22.5 Å². The number of para-hydroxylation sites is 1. The molecule has 1 aromatic heterocycles. The molecule has 9 heteroatoms. The first-order chi connectivity index (χ1) is 15.1. The van der Waals surface area contributed by atoms with Gasteiger partial charge >= 0.3 is 0 Å². The zero-order chi connectivity index (χ0) is 21.8. The average Bonchev–Trinajstić information content (AvgIpc) is 2.81. The first-order valence-electron chi connectivity index (χ1n) is 10.8. The van der Waals surface area contributed by atoms with E-state index in [4.69, 9.17) is 4.74 Å². The Kier molecular flexibility index (Phi) is 6.50. The molecular formula is C22H28FN5O3. The lowest BCUT2D eigenvalue weighted by Gasteiger charge is -2.36. The quantitative estimate of drug-likeness (QED) is 0.710. The van der Waals surface area contributed by atoms with Gasteiger partial charge in [-0.25, -0.2) is 9.37 Å². The number of morpholine rings is 1. The van der Waals surface area contributed by atoms with Crippen LogP contribution >= 0.6 is 0 Å². The van der Waals surface area contributed by atoms with E-state index in [9.17, 15) is 14.0 Å². The predicted molar refractivity (Wildman–Crippen MR) is 116 cm³/mol. The molecule has 1 amide bonds. The number of nitrogens with zero attached hydrogens (tertiary/aromatic N) is 5. The number of carbonyl (C=O) groups is 1. The summed E-state index contributed by atoms with van der Waals surface area (Å²) in [5, 5.41) is 0. The van der Waals surface area contributed by atoms with E-state index >= 15 is 0 Å². The minimum atomic E-state index is -0.258. The molecule has 3 heterocycles. The van der Waals surface area contributed by atoms with Crippen LogP contribution < -0.4 is 15.4 Å². The number of aryl methyl sites for hydroxylation is 1. The largest absolute Gasteiger partial charge is 0.378 e. The van der Waals surface area contributed by atoms with Crippen molar-refractivity contribution in [2.24, 2.45) is 0 Å². The maximum Gasteiger partial charge on any atom is 0.255 e. The van der Waals surface area contributed by atoms with Crippen molar-refractivity contribution in [3.63, 3.8) is 0 Å². The normalized spacial score (nSPS) is 17.2. The number of hydrogen-bond acceptors (Lipinski definition) is 6. The number of halogens is 1. The van der Waals surface area contributed by atoms with E-state index < -0.39 is 0 Å². The number of rotatable bonds is 5. The maximum absolute atomic E-state index is 14.1. The Balaban J connectivity index is 1.47. The van der Waals surface area contributed by atoms with Crippen molar-refractivity contribution in [3.8, 4) is 0 Å². The molecule has 4 rings (SSSR count). The molecule has 8 nitrogen and oxygen atoms in total. The zero-order valence-electron chi connectivity index (χ0n) is 17.8. The van der Waals surface area contributed by atoms with E-state index in [0.29, 0.717) is 76.2 Å². The second kappa shape index (κ2) is 9.47. The van der Waals surface area contributed by atoms with Crippen molar-refractivity contribution in [1.82, 2.24) is 14.5 Å². The lowest BCUT2D eigenvalue weighted by atomic mass is 10.2. The van der Waals surface area contributed by atoms with E-state index in [1.54, 1.807) is 17.0 Å². The molecule has 166 valence electrons. The molecular weight excluding hydrogens is 401 g/mol. The van der Waals surface area contributed by atoms with Crippen molar-refractivity contribution >= 4 is 17.5 Å². The minimum absolute atomic E-state index is 0.0534. The minimum Gasteiger partial charge on any atom is -0.378 e. The molecule has 0 unspecified atom stereocenters. The number of ether oxygens (including phenoxy) is 1. The van der Waals surface area contributed by atoms with Crippen LogP contribution in [0.2, 0.25) is 0 Å². The van der Waals surface area contributed by atoms with E-state index in [0.717, 1.165) is 0 Å². The van der Waals surface area contributed by atoms with Crippen LogP contribution in [0.25, 0.3) is 0 Å². The Bertz CT molecular complexity index is 981. The topological polar surface area (TPSA) is 70.9 Å². The molecule has 2 aromatic rings. The molecule has 0 saturated carbocycles. The van der Waals surface area contributed by atoms with Crippen molar-refractivity contribution in [1.29, 1.82) is 0 Å². The van der Waals surface area contributed by atoms with Crippen LogP contribution in [0.1, 0.15) is 12.6 Å². The first-order valence-corrected chi connectivity index (χ1v) is 10.8. The number of aromatic nitrogens is 2. The molecule has 0 atom stereocenters. The smallest absolute Gasteiger partial charge is 0.255 e. The zero-order valence-corrected chi connectivity index (χ0v) is 17.8. The van der Waals surface area contributed by atoms with Gasteiger partial charge in [0, 0.05) is 51.0 Å². The van der Waals surface area contributed by atoms with Crippen molar-refractivity contribution in [3.05, 3.63) is 52.2 Å². The van der Waals surface area contributed by atoms with Crippen LogP contribution in [0.3, 0.4) is 0 Å². The van der Waals surface area contributed by atoms with Gasteiger partial charge in [0.1, 0.15) is 12.4 Å². The van der Waals surface area contributed by atoms with E-state index in [-0.39, 0.29) is 23.8 Å². The highest BCUT2D eigenvalue weighted by Crippen LogP contribution is 2.20. The molecule has 0 bridgehead atoms. The van der Waals surface area contributed by atoms with E-state index in [1.807, 2.05) is 22.8 Å². The Labute approximate surface area is 180 Å². The summed E-state index contributed by atoms with van der Waals surface area (Å²) in [6, 6.07) is 8.18. The molecule has 0 aliphatic carbocycles. The third-order valence-electron chi connectivity index (χ3n) is 5.82. The summed E-state index contributed by atoms with van der Waals surface area (Å²) in [5.74, 6) is 0.146. The first kappa shape index (κ1) is 21.3. The summed E-state index contributed by atoms with van der Waals surface area (Å²) < 4.78 is 20.9. The van der Waals surface area contributed by atoms with Gasteiger partial charge in [-0.15, -0.1) is 0 Å². The summed E-state index contributed by atoms with van der Waals surface area (Å²) in [7, 11) is 0. The second-order valence-electron chi connectivity index (χ2n) is 7.74. The molecule has 0 spiro atoms. The highest BCUT2D eigenvalue weighted by molar-refractivity contribution is 5.76. The van der Waals surface area contributed by atoms with Crippen molar-refractivity contribution < 1.29 is 13.9 Å². The van der Waals surface area contributed by atoms with Crippen molar-refractivity contribution in [2.45, 2.75) is 19.9 Å². The fourth-order valence-corrected chi connectivity index (χ4v) is 4.01. The van der Waals surface area contributed by atoms with Gasteiger partial charge in [-0.3, -0.25) is 14.2 Å². The average molecular weight is 429 g/mol. The molecule has 2 fully saturated rings. The number of piperazine rings is 1. The van der Waals surface area contributed by atoms with Crippen molar-refractivity contribution in [2.75, 3.05) is 62.3 Å². The van der Waals surface area contributed by atoms with Gasteiger partial charge in [0.05, 0.1) is 18.9 Å². The lowest BCUT2D eigenvalue weighted by Crippen LogP contribution is -2.50. The molecule has 2 saturated heterocycles. The highest BCUT2D eigenvalue weighted by Gasteiger charge is 2.25. The molecule has 2 aliphatic rings. The number of benzene rings is 1. The summed E-state index contributed by atoms with van der Waals surface area (Å²) in [4.78, 5) is 36.2. The molecule has 2 aliphatic heterocycles. The number of hydrogen-bond donors (Lipinski definition) is 0. The van der Waals surface area contributed by atoms with Gasteiger partial charge < -0.3 is 19.4 Å². The fraction of sp³-hybridized carbons (Fsp3) is 0.500. The van der Waals surface area contributed by atoms with Gasteiger partial charge in [-0.2, -0.15) is 0 Å². The summed E-state index contributed by atoms with van der Waals surface area (Å²) in [5.41, 5.74) is 1.06. The third-order valence-corrected chi connectivity index (χ3v) is 5.82. The van der Waals surface area contributed by atoms with Crippen LogP contribution in [0.5, 0.6) is 0 Å². The number of anilines is 2. The van der Waals surface area contributed by atoms with Gasteiger partial charge in [0.25, 0.3) is 5.56 Å². The van der Waals surface area contributed by atoms with Gasteiger partial charge in [-0.05, 0) is 18.6 Å². The third kappa shape index (κ3) is 4.71. The van der Waals surface area contributed by atoms with Crippen LogP contribution in [0.4, 0.5) is 16.0 Å². The lowest BCUT2D eigenvalue weighted by molar-refractivity contribution is -0.132. The van der Waals surface area contributed by atoms with Crippen LogP contribution in [0, 0.1) is 5.82 Å². The Morgan fingerprint density at radius 3 is 2.45 bits per heavy atom. The Morgan fingerprint density at radius 1 is 1.06 bits per heavy atom. The van der Waals surface area contributed by atoms with E-state index in [2.05, 4.69) is 4.98 Å². The van der Waals surface area contributed by atoms with Crippen LogP contribution in [0.15, 0.2) is 35.1 Å². The number of amides is 1. The van der Waals surface area contributed by atoms with E-state index in [1.165, 1.54) is 16.7 Å².